The van der Waals surface area contributed by atoms with E-state index in [1.807, 2.05) is 0 Å². The lowest BCUT2D eigenvalue weighted by atomic mass is 10.1. The fourth-order valence-electron chi connectivity index (χ4n) is 0.726. The van der Waals surface area contributed by atoms with Gasteiger partial charge in [-0.15, -0.1) is 0 Å². The largest absolute Gasteiger partial charge is 0.502 e. The summed E-state index contributed by atoms with van der Waals surface area (Å²) >= 11 is 0. The number of hydrogen-bond donors (Lipinski definition) is 0. The topological polar surface area (TPSA) is 9.23 Å². The smallest absolute Gasteiger partial charge is 0.0887 e. The molecular formula is C10H18O. The van der Waals surface area contributed by atoms with E-state index in [-0.39, 0.29) is 0 Å². The second kappa shape index (κ2) is 6.02. The Kier molecular flexibility index (Phi) is 5.63. The van der Waals surface area contributed by atoms with Gasteiger partial charge in [-0.1, -0.05) is 25.2 Å². The van der Waals surface area contributed by atoms with Crippen molar-refractivity contribution in [2.24, 2.45) is 0 Å². The molecule has 0 heterocycles. The molecule has 0 radical (unpaired) electrons. The molecule has 0 saturated heterocycles. The van der Waals surface area contributed by atoms with Gasteiger partial charge in [0.25, 0.3) is 0 Å². The molecule has 0 unspecified atom stereocenters. The van der Waals surface area contributed by atoms with E-state index in [0.29, 0.717) is 0 Å². The van der Waals surface area contributed by atoms with Crippen LogP contribution < -0.4 is 0 Å². The predicted octanol–water partition coefficient (Wildman–Crippen LogP) is 3.28. The van der Waals surface area contributed by atoms with Gasteiger partial charge in [-0.25, -0.2) is 0 Å². The lowest BCUT2D eigenvalue weighted by Crippen LogP contribution is -1.83. The quantitative estimate of drug-likeness (QED) is 0.436. The van der Waals surface area contributed by atoms with Gasteiger partial charge in [0.05, 0.1) is 12.9 Å². The number of allylic oxidation sites excluding steroid dienone is 3. The first-order chi connectivity index (χ1) is 5.20. The molecule has 0 aliphatic carbocycles. The molecule has 0 bridgehead atoms. The van der Waals surface area contributed by atoms with Gasteiger partial charge < -0.3 is 4.74 Å². The van der Waals surface area contributed by atoms with E-state index in [1.165, 1.54) is 5.57 Å². The van der Waals surface area contributed by atoms with Crippen molar-refractivity contribution in [1.29, 1.82) is 0 Å². The van der Waals surface area contributed by atoms with Crippen LogP contribution in [0.1, 0.15) is 33.1 Å². The van der Waals surface area contributed by atoms with Crippen LogP contribution in [0.3, 0.4) is 0 Å². The van der Waals surface area contributed by atoms with Gasteiger partial charge in [-0.05, 0) is 19.8 Å². The van der Waals surface area contributed by atoms with E-state index >= 15 is 0 Å². The van der Waals surface area contributed by atoms with E-state index in [4.69, 9.17) is 4.74 Å². The van der Waals surface area contributed by atoms with E-state index < -0.39 is 0 Å². The highest BCUT2D eigenvalue weighted by Crippen LogP contribution is 2.06. The average molecular weight is 154 g/mol. The Morgan fingerprint density at radius 2 is 2.18 bits per heavy atom. The van der Waals surface area contributed by atoms with E-state index in [9.17, 15) is 0 Å². The van der Waals surface area contributed by atoms with E-state index in [2.05, 4.69) is 26.5 Å². The van der Waals surface area contributed by atoms with Gasteiger partial charge in [0.15, 0.2) is 0 Å². The molecule has 0 atom stereocenters. The zero-order valence-corrected chi connectivity index (χ0v) is 7.81. The normalized spacial score (nSPS) is 11.4. The molecule has 0 aromatic carbocycles. The fourth-order valence-corrected chi connectivity index (χ4v) is 0.726. The third-order valence-corrected chi connectivity index (χ3v) is 1.76. The van der Waals surface area contributed by atoms with Gasteiger partial charge in [0.1, 0.15) is 0 Å². The van der Waals surface area contributed by atoms with Gasteiger partial charge in [-0.2, -0.15) is 0 Å². The first kappa shape index (κ1) is 10.3. The maximum Gasteiger partial charge on any atom is 0.0887 e. The summed E-state index contributed by atoms with van der Waals surface area (Å²) in [7, 11) is 1.67. The first-order valence-corrected chi connectivity index (χ1v) is 4.08. The first-order valence-electron chi connectivity index (χ1n) is 4.08. The maximum absolute atomic E-state index is 4.94. The zero-order valence-electron chi connectivity index (χ0n) is 7.81. The Hall–Kier alpha value is -0.720. The van der Waals surface area contributed by atoms with Crippen LogP contribution in [0.15, 0.2) is 24.0 Å². The van der Waals surface area contributed by atoms with Crippen molar-refractivity contribution in [1.82, 2.24) is 0 Å². The van der Waals surface area contributed by atoms with Crippen molar-refractivity contribution in [2.45, 2.75) is 33.1 Å². The number of hydrogen-bond acceptors (Lipinski definition) is 1. The second-order valence-electron chi connectivity index (χ2n) is 2.69. The summed E-state index contributed by atoms with van der Waals surface area (Å²) in [6, 6.07) is 0. The van der Waals surface area contributed by atoms with E-state index in [0.717, 1.165) is 25.0 Å². The molecule has 0 rings (SSSR count). The molecule has 0 spiro atoms. The van der Waals surface area contributed by atoms with Gasteiger partial charge in [-0.3, -0.25) is 0 Å². The lowest BCUT2D eigenvalue weighted by Gasteiger charge is -2.01. The van der Waals surface area contributed by atoms with Crippen molar-refractivity contribution >= 4 is 0 Å². The summed E-state index contributed by atoms with van der Waals surface area (Å²) in [5.74, 6) is 0.866. The van der Waals surface area contributed by atoms with Crippen molar-refractivity contribution in [2.75, 3.05) is 7.11 Å². The minimum Gasteiger partial charge on any atom is -0.502 e. The number of ether oxygens (including phenoxy) is 1. The molecule has 0 saturated carbocycles. The van der Waals surface area contributed by atoms with Crippen molar-refractivity contribution in [3.8, 4) is 0 Å². The van der Waals surface area contributed by atoms with Crippen molar-refractivity contribution in [3.05, 3.63) is 24.0 Å². The van der Waals surface area contributed by atoms with Crippen LogP contribution >= 0.6 is 0 Å². The standard InChI is InChI=1S/C10H18O/c1-5-9(2)7-6-8-10(3)11-4/h7H,3,5-6,8H2,1-2,4H3/b9-7+. The minimum atomic E-state index is 0.866. The molecule has 0 fully saturated rings. The Bertz CT molecular complexity index is 145. The zero-order chi connectivity index (χ0) is 8.69. The Morgan fingerprint density at radius 3 is 2.64 bits per heavy atom. The molecule has 0 N–H and O–H groups in total. The van der Waals surface area contributed by atoms with E-state index in [1.54, 1.807) is 7.11 Å². The summed E-state index contributed by atoms with van der Waals surface area (Å²) < 4.78 is 4.94. The maximum atomic E-state index is 4.94. The van der Waals surface area contributed by atoms with Gasteiger partial charge in [0, 0.05) is 6.42 Å². The highest BCUT2D eigenvalue weighted by molar-refractivity contribution is 4.98. The lowest BCUT2D eigenvalue weighted by molar-refractivity contribution is 0.280. The monoisotopic (exact) mass is 154 g/mol. The molecule has 11 heavy (non-hydrogen) atoms. The van der Waals surface area contributed by atoms with Crippen LogP contribution in [0.2, 0.25) is 0 Å². The van der Waals surface area contributed by atoms with Crippen LogP contribution in [0.4, 0.5) is 0 Å². The third kappa shape index (κ3) is 5.71. The number of methoxy groups -OCH3 is 1. The van der Waals surface area contributed by atoms with Crippen molar-refractivity contribution in [3.63, 3.8) is 0 Å². The number of rotatable bonds is 5. The highest BCUT2D eigenvalue weighted by atomic mass is 16.5. The molecular weight excluding hydrogens is 136 g/mol. The molecule has 0 aliphatic heterocycles. The molecule has 1 nitrogen and oxygen atoms in total. The summed E-state index contributed by atoms with van der Waals surface area (Å²) in [6.07, 6.45) is 5.36. The van der Waals surface area contributed by atoms with Gasteiger partial charge >= 0.3 is 0 Å². The summed E-state index contributed by atoms with van der Waals surface area (Å²) in [5, 5.41) is 0. The fraction of sp³-hybridized carbons (Fsp3) is 0.600. The SMILES string of the molecule is C=C(CC/C=C(\C)CC)OC. The molecule has 0 aromatic rings. The van der Waals surface area contributed by atoms with Crippen LogP contribution in [0.5, 0.6) is 0 Å². The molecule has 0 aromatic heterocycles. The van der Waals surface area contributed by atoms with Crippen LogP contribution in [0, 0.1) is 0 Å². The predicted molar refractivity (Wildman–Crippen MR) is 49.4 cm³/mol. The van der Waals surface area contributed by atoms with Crippen LogP contribution in [-0.2, 0) is 4.74 Å². The van der Waals surface area contributed by atoms with Crippen molar-refractivity contribution < 1.29 is 4.74 Å². The average Bonchev–Trinajstić information content (AvgIpc) is 2.04. The van der Waals surface area contributed by atoms with Gasteiger partial charge in [0.2, 0.25) is 0 Å². The Labute approximate surface area is 69.8 Å². The minimum absolute atomic E-state index is 0.866. The third-order valence-electron chi connectivity index (χ3n) is 1.76. The molecule has 0 amide bonds. The molecule has 1 heteroatoms. The second-order valence-corrected chi connectivity index (χ2v) is 2.69. The Balaban J connectivity index is 3.48. The molecule has 0 aliphatic rings. The molecule has 64 valence electrons. The summed E-state index contributed by atoms with van der Waals surface area (Å²) in [5.41, 5.74) is 1.44. The summed E-state index contributed by atoms with van der Waals surface area (Å²) in [6.45, 7) is 8.06. The van der Waals surface area contributed by atoms with Crippen LogP contribution in [0.25, 0.3) is 0 Å². The highest BCUT2D eigenvalue weighted by Gasteiger charge is 1.89. The summed E-state index contributed by atoms with van der Waals surface area (Å²) in [4.78, 5) is 0. The van der Waals surface area contributed by atoms with Crippen LogP contribution in [-0.4, -0.2) is 7.11 Å². The Morgan fingerprint density at radius 1 is 1.55 bits per heavy atom.